The first-order chi connectivity index (χ1) is 13.4. The average Bonchev–Trinajstić information content (AvgIpc) is 2.97. The maximum atomic E-state index is 12.8. The summed E-state index contributed by atoms with van der Waals surface area (Å²) in [6.45, 7) is 5.90. The number of hydrogen-bond acceptors (Lipinski definition) is 3. The third kappa shape index (κ3) is 3.37. The van der Waals surface area contributed by atoms with Crippen molar-refractivity contribution in [3.05, 3.63) is 82.3 Å². The Labute approximate surface area is 168 Å². The van der Waals surface area contributed by atoms with Crippen LogP contribution in [-0.2, 0) is 0 Å². The number of benzene rings is 2. The van der Waals surface area contributed by atoms with Crippen molar-refractivity contribution < 1.29 is 4.79 Å². The molecule has 1 amide bonds. The first kappa shape index (κ1) is 18.2. The number of aryl methyl sites for hydroxylation is 3. The van der Waals surface area contributed by atoms with Crippen LogP contribution in [0.5, 0.6) is 0 Å². The fourth-order valence-corrected chi connectivity index (χ4v) is 3.59. The monoisotopic (exact) mass is 390 g/mol. The van der Waals surface area contributed by atoms with Crippen LogP contribution < -0.4 is 5.32 Å². The predicted molar refractivity (Wildman–Crippen MR) is 112 cm³/mol. The van der Waals surface area contributed by atoms with Gasteiger partial charge in [-0.15, -0.1) is 0 Å². The lowest BCUT2D eigenvalue weighted by Gasteiger charge is -2.12. The smallest absolute Gasteiger partial charge is 0.255 e. The van der Waals surface area contributed by atoms with Gasteiger partial charge in [0.1, 0.15) is 11.3 Å². The van der Waals surface area contributed by atoms with Gasteiger partial charge in [-0.2, -0.15) is 0 Å². The lowest BCUT2D eigenvalue weighted by molar-refractivity contribution is 0.102. The van der Waals surface area contributed by atoms with Crippen molar-refractivity contribution in [2.24, 2.45) is 0 Å². The van der Waals surface area contributed by atoms with Crippen LogP contribution in [-0.4, -0.2) is 20.4 Å². The molecule has 0 aliphatic heterocycles. The van der Waals surface area contributed by atoms with Crippen molar-refractivity contribution >= 4 is 34.4 Å². The van der Waals surface area contributed by atoms with Gasteiger partial charge < -0.3 is 5.32 Å². The second kappa shape index (κ2) is 7.09. The predicted octanol–water partition coefficient (Wildman–Crippen LogP) is 5.25. The minimum Gasteiger partial charge on any atom is -0.322 e. The Morgan fingerprint density at radius 3 is 2.54 bits per heavy atom. The molecule has 1 N–H and O–H groups in total. The molecule has 0 atom stereocenters. The third-order valence-corrected chi connectivity index (χ3v) is 4.83. The largest absolute Gasteiger partial charge is 0.322 e. The number of carbonyl (C=O) groups excluding carboxylic acids is 1. The Morgan fingerprint density at radius 2 is 1.79 bits per heavy atom. The summed E-state index contributed by atoms with van der Waals surface area (Å²) in [5, 5.41) is 3.49. The number of halogens is 1. The maximum absolute atomic E-state index is 12.8. The second-order valence-corrected chi connectivity index (χ2v) is 7.24. The van der Waals surface area contributed by atoms with E-state index >= 15 is 0 Å². The number of aromatic nitrogens is 3. The lowest BCUT2D eigenvalue weighted by Crippen LogP contribution is -2.13. The van der Waals surface area contributed by atoms with E-state index in [2.05, 4.69) is 21.4 Å². The van der Waals surface area contributed by atoms with Crippen LogP contribution in [0.2, 0.25) is 5.02 Å². The fourth-order valence-electron chi connectivity index (χ4n) is 3.39. The van der Waals surface area contributed by atoms with Crippen molar-refractivity contribution in [2.75, 3.05) is 5.32 Å². The molecule has 4 aromatic rings. The number of nitrogens with zero attached hydrogens (tertiary/aromatic N) is 3. The van der Waals surface area contributed by atoms with Crippen molar-refractivity contribution in [3.63, 3.8) is 0 Å². The molecule has 4 rings (SSSR count). The van der Waals surface area contributed by atoms with E-state index in [-0.39, 0.29) is 5.91 Å². The van der Waals surface area contributed by atoms with Crippen molar-refractivity contribution in [3.8, 4) is 5.69 Å². The highest BCUT2D eigenvalue weighted by molar-refractivity contribution is 6.32. The quantitative estimate of drug-likeness (QED) is 0.519. The first-order valence-electron chi connectivity index (χ1n) is 8.92. The standard InChI is InChI=1S/C22H19ClN4O/c1-13-9-14(2)11-17(10-13)26-22(28)16-6-7-18(23)20(12-16)27-15(3)25-19-5-4-8-24-21(19)27/h4-12H,1-3H3,(H,26,28). The number of fused-ring (bicyclic) bond motifs is 1. The number of anilines is 1. The highest BCUT2D eigenvalue weighted by atomic mass is 35.5. The van der Waals surface area contributed by atoms with Gasteiger partial charge in [0.2, 0.25) is 0 Å². The van der Waals surface area contributed by atoms with Gasteiger partial charge >= 0.3 is 0 Å². The van der Waals surface area contributed by atoms with E-state index in [9.17, 15) is 4.79 Å². The first-order valence-corrected chi connectivity index (χ1v) is 9.30. The molecule has 5 nitrogen and oxygen atoms in total. The van der Waals surface area contributed by atoms with Crippen molar-refractivity contribution in [1.29, 1.82) is 0 Å². The number of amides is 1. The summed E-state index contributed by atoms with van der Waals surface area (Å²) in [6.07, 6.45) is 1.71. The summed E-state index contributed by atoms with van der Waals surface area (Å²) in [7, 11) is 0. The molecule has 0 saturated carbocycles. The Kier molecular flexibility index (Phi) is 4.61. The minimum absolute atomic E-state index is 0.196. The molecular formula is C22H19ClN4O. The molecule has 6 heteroatoms. The molecule has 140 valence electrons. The van der Waals surface area contributed by atoms with E-state index in [4.69, 9.17) is 11.6 Å². The Hall–Kier alpha value is -3.18. The molecular weight excluding hydrogens is 372 g/mol. The van der Waals surface area contributed by atoms with Gasteiger partial charge in [-0.3, -0.25) is 9.36 Å². The van der Waals surface area contributed by atoms with Gasteiger partial charge in [-0.25, -0.2) is 9.97 Å². The fraction of sp³-hybridized carbons (Fsp3) is 0.136. The Balaban J connectivity index is 1.74. The number of pyridine rings is 1. The molecule has 0 saturated heterocycles. The second-order valence-electron chi connectivity index (χ2n) is 6.84. The van der Waals surface area contributed by atoms with Gasteiger partial charge in [0, 0.05) is 17.4 Å². The number of hydrogen-bond donors (Lipinski definition) is 1. The summed E-state index contributed by atoms with van der Waals surface area (Å²) in [5.41, 5.74) is 5.63. The van der Waals surface area contributed by atoms with Crippen molar-refractivity contribution in [1.82, 2.24) is 14.5 Å². The van der Waals surface area contributed by atoms with E-state index in [0.29, 0.717) is 21.9 Å². The van der Waals surface area contributed by atoms with Crippen LogP contribution >= 0.6 is 11.6 Å². The van der Waals surface area contributed by atoms with E-state index in [1.54, 1.807) is 24.4 Å². The zero-order valence-corrected chi connectivity index (χ0v) is 16.6. The Bertz CT molecular complexity index is 1190. The lowest BCUT2D eigenvalue weighted by atomic mass is 10.1. The van der Waals surface area contributed by atoms with Gasteiger partial charge in [0.15, 0.2) is 5.65 Å². The van der Waals surface area contributed by atoms with Gasteiger partial charge in [0.25, 0.3) is 5.91 Å². The van der Waals surface area contributed by atoms with Crippen LogP contribution in [0.15, 0.2) is 54.7 Å². The normalized spacial score (nSPS) is 11.0. The van der Waals surface area contributed by atoms with Gasteiger partial charge in [-0.05, 0) is 74.4 Å². The average molecular weight is 391 g/mol. The van der Waals surface area contributed by atoms with E-state index in [1.165, 1.54) is 0 Å². The maximum Gasteiger partial charge on any atom is 0.255 e. The van der Waals surface area contributed by atoms with Gasteiger partial charge in [-0.1, -0.05) is 17.7 Å². The highest BCUT2D eigenvalue weighted by Crippen LogP contribution is 2.27. The summed E-state index contributed by atoms with van der Waals surface area (Å²) >= 11 is 6.46. The zero-order valence-electron chi connectivity index (χ0n) is 15.8. The molecule has 0 unspecified atom stereocenters. The molecule has 28 heavy (non-hydrogen) atoms. The molecule has 0 fully saturated rings. The molecule has 0 bridgehead atoms. The van der Waals surface area contributed by atoms with E-state index in [0.717, 1.165) is 28.2 Å². The van der Waals surface area contributed by atoms with E-state index in [1.807, 2.05) is 49.6 Å². The topological polar surface area (TPSA) is 59.8 Å². The zero-order chi connectivity index (χ0) is 19.8. The van der Waals surface area contributed by atoms with Gasteiger partial charge in [0.05, 0.1) is 10.7 Å². The minimum atomic E-state index is -0.196. The molecule has 2 heterocycles. The third-order valence-electron chi connectivity index (χ3n) is 4.51. The molecule has 0 aliphatic rings. The summed E-state index contributed by atoms with van der Waals surface area (Å²) in [5.74, 6) is 0.556. The van der Waals surface area contributed by atoms with Crippen LogP contribution in [0.1, 0.15) is 27.3 Å². The molecule has 2 aromatic carbocycles. The number of nitrogens with one attached hydrogen (secondary N) is 1. The highest BCUT2D eigenvalue weighted by Gasteiger charge is 2.16. The summed E-state index contributed by atoms with van der Waals surface area (Å²) in [4.78, 5) is 21.8. The molecule has 0 aliphatic carbocycles. The SMILES string of the molecule is Cc1cc(C)cc(NC(=O)c2ccc(Cl)c(-n3c(C)nc4cccnc43)c2)c1. The summed E-state index contributed by atoms with van der Waals surface area (Å²) < 4.78 is 1.87. The van der Waals surface area contributed by atoms with Crippen LogP contribution in [0.4, 0.5) is 5.69 Å². The van der Waals surface area contributed by atoms with Crippen LogP contribution in [0.25, 0.3) is 16.9 Å². The molecule has 0 radical (unpaired) electrons. The number of rotatable bonds is 3. The van der Waals surface area contributed by atoms with Crippen molar-refractivity contribution in [2.45, 2.75) is 20.8 Å². The number of imidazole rings is 1. The van der Waals surface area contributed by atoms with Crippen LogP contribution in [0, 0.1) is 20.8 Å². The molecule has 2 aromatic heterocycles. The van der Waals surface area contributed by atoms with E-state index < -0.39 is 0 Å². The summed E-state index contributed by atoms with van der Waals surface area (Å²) in [6, 6.07) is 14.9. The Morgan fingerprint density at radius 1 is 1.04 bits per heavy atom. The molecule has 0 spiro atoms. The van der Waals surface area contributed by atoms with Crippen LogP contribution in [0.3, 0.4) is 0 Å². The number of carbonyl (C=O) groups is 1.